The number of carbonyl (C=O) groups excluding carboxylic acids is 2. The Balaban J connectivity index is 1.70. The average molecular weight is 379 g/mol. The van der Waals surface area contributed by atoms with Gasteiger partial charge in [0.2, 0.25) is 0 Å². The number of carbonyl (C=O) groups is 2. The van der Waals surface area contributed by atoms with Gasteiger partial charge in [-0.05, 0) is 18.2 Å². The molecule has 8 heteroatoms. The van der Waals surface area contributed by atoms with Gasteiger partial charge >= 0.3 is 0 Å². The number of aromatic nitrogens is 1. The van der Waals surface area contributed by atoms with Crippen LogP contribution < -0.4 is 21.3 Å². The molecule has 0 bridgehead atoms. The van der Waals surface area contributed by atoms with Gasteiger partial charge in [0, 0.05) is 17.7 Å². The Morgan fingerprint density at radius 3 is 2.57 bits per heavy atom. The molecule has 2 amide bonds. The zero-order chi connectivity index (χ0) is 19.8. The molecule has 140 valence electrons. The monoisotopic (exact) mass is 379 g/mol. The highest BCUT2D eigenvalue weighted by Gasteiger charge is 2.31. The second-order valence-corrected chi connectivity index (χ2v) is 6.15. The summed E-state index contributed by atoms with van der Waals surface area (Å²) in [7, 11) is 0. The number of rotatable bonds is 4. The molecule has 0 unspecified atom stereocenters. The summed E-state index contributed by atoms with van der Waals surface area (Å²) < 4.78 is 20.5. The summed E-state index contributed by atoms with van der Waals surface area (Å²) in [6.45, 7) is 0.00159. The second-order valence-electron chi connectivity index (χ2n) is 6.15. The molecule has 0 aliphatic carbocycles. The summed E-state index contributed by atoms with van der Waals surface area (Å²) in [5, 5.41) is 2.11. The smallest absolute Gasteiger partial charge is 0.262 e. The van der Waals surface area contributed by atoms with Gasteiger partial charge in [-0.25, -0.2) is 4.39 Å². The van der Waals surface area contributed by atoms with E-state index in [1.807, 2.05) is 0 Å². The molecule has 1 aromatic heterocycles. The van der Waals surface area contributed by atoms with Gasteiger partial charge in [0.05, 0.1) is 16.8 Å². The molecule has 0 spiro atoms. The van der Waals surface area contributed by atoms with E-state index in [-0.39, 0.29) is 29.4 Å². The fourth-order valence-corrected chi connectivity index (χ4v) is 3.03. The number of anilines is 1. The number of imide groups is 1. The molecule has 1 aliphatic heterocycles. The summed E-state index contributed by atoms with van der Waals surface area (Å²) in [6, 6.07) is 13.7. The van der Waals surface area contributed by atoms with Crippen LogP contribution in [0.2, 0.25) is 0 Å². The van der Waals surface area contributed by atoms with Gasteiger partial charge in [0.25, 0.3) is 17.4 Å². The van der Waals surface area contributed by atoms with E-state index in [0.717, 1.165) is 10.6 Å². The van der Waals surface area contributed by atoms with Crippen molar-refractivity contribution in [2.75, 3.05) is 5.73 Å². The van der Waals surface area contributed by atoms with Gasteiger partial charge in [-0.2, -0.15) is 0 Å². The molecular weight excluding hydrogens is 365 g/mol. The number of benzene rings is 2. The molecule has 7 nitrogen and oxygen atoms in total. The Morgan fingerprint density at radius 2 is 1.79 bits per heavy atom. The number of hydrogen-bond donors (Lipinski definition) is 2. The Hall–Kier alpha value is -3.94. The van der Waals surface area contributed by atoms with Crippen LogP contribution in [-0.2, 0) is 6.61 Å². The summed E-state index contributed by atoms with van der Waals surface area (Å²) in [5.41, 5.74) is 6.10. The molecular formula is C20H14FN3O4. The minimum Gasteiger partial charge on any atom is -0.489 e. The number of nitrogens with two attached hydrogens (primary N) is 1. The molecule has 0 saturated carbocycles. The van der Waals surface area contributed by atoms with Crippen molar-refractivity contribution >= 4 is 17.6 Å². The topological polar surface area (TPSA) is 103 Å². The number of amides is 2. The van der Waals surface area contributed by atoms with E-state index in [4.69, 9.17) is 10.5 Å². The van der Waals surface area contributed by atoms with Crippen LogP contribution >= 0.6 is 0 Å². The van der Waals surface area contributed by atoms with Crippen molar-refractivity contribution in [1.82, 2.24) is 9.88 Å². The highest BCUT2D eigenvalue weighted by atomic mass is 19.1. The summed E-state index contributed by atoms with van der Waals surface area (Å²) in [6.07, 6.45) is 0. The van der Waals surface area contributed by atoms with Crippen LogP contribution in [0.15, 0.2) is 59.4 Å². The third kappa shape index (κ3) is 2.90. The van der Waals surface area contributed by atoms with Gasteiger partial charge < -0.3 is 10.5 Å². The second kappa shape index (κ2) is 6.66. The Morgan fingerprint density at radius 1 is 1.00 bits per heavy atom. The van der Waals surface area contributed by atoms with Crippen LogP contribution in [0, 0.1) is 5.82 Å². The van der Waals surface area contributed by atoms with Crippen molar-refractivity contribution < 1.29 is 18.7 Å². The molecule has 28 heavy (non-hydrogen) atoms. The normalized spacial score (nSPS) is 12.6. The summed E-state index contributed by atoms with van der Waals surface area (Å²) in [4.78, 5) is 36.2. The first-order valence-corrected chi connectivity index (χ1v) is 8.33. The predicted octanol–water partition coefficient (Wildman–Crippen LogP) is 2.02. The number of hydrogen-bond acceptors (Lipinski definition) is 5. The number of fused-ring (bicyclic) bond motifs is 1. The first kappa shape index (κ1) is 17.5. The highest BCUT2D eigenvalue weighted by molar-refractivity contribution is 6.23. The lowest BCUT2D eigenvalue weighted by atomic mass is 10.1. The Kier molecular flexibility index (Phi) is 4.15. The molecule has 3 aromatic rings. The zero-order valence-electron chi connectivity index (χ0n) is 14.4. The molecule has 0 saturated heterocycles. The van der Waals surface area contributed by atoms with Crippen molar-refractivity contribution in [1.29, 1.82) is 0 Å². The van der Waals surface area contributed by atoms with Crippen LogP contribution in [0.3, 0.4) is 0 Å². The van der Waals surface area contributed by atoms with E-state index in [1.165, 1.54) is 6.07 Å². The standard InChI is InChI=1S/C20H14FN3O4/c21-15-7-2-1-4-11(15)10-28-13-6-3-5-12(8-13)24-16(25)9-14-17(18(24)22)20(27)23-19(14)26/h1-9H,10,22H2,(H,23,26,27). The van der Waals surface area contributed by atoms with E-state index in [1.54, 1.807) is 42.5 Å². The molecule has 3 N–H and O–H groups in total. The third-order valence-corrected chi connectivity index (χ3v) is 4.38. The van der Waals surface area contributed by atoms with Gasteiger partial charge in [-0.15, -0.1) is 0 Å². The number of halogens is 1. The molecule has 0 atom stereocenters. The van der Waals surface area contributed by atoms with E-state index in [9.17, 15) is 18.8 Å². The van der Waals surface area contributed by atoms with Crippen LogP contribution in [-0.4, -0.2) is 16.4 Å². The van der Waals surface area contributed by atoms with Crippen molar-refractivity contribution in [2.24, 2.45) is 0 Å². The van der Waals surface area contributed by atoms with Gasteiger partial charge in [0.1, 0.15) is 24.0 Å². The first-order valence-electron chi connectivity index (χ1n) is 8.33. The number of pyridine rings is 1. The van der Waals surface area contributed by atoms with E-state index < -0.39 is 17.4 Å². The van der Waals surface area contributed by atoms with Crippen LogP contribution in [0.25, 0.3) is 5.69 Å². The predicted molar refractivity (Wildman–Crippen MR) is 99.0 cm³/mol. The van der Waals surface area contributed by atoms with Crippen LogP contribution in [0.1, 0.15) is 26.3 Å². The summed E-state index contributed by atoms with van der Waals surface area (Å²) in [5.74, 6) is -1.45. The number of nitrogens with zero attached hydrogens (tertiary/aromatic N) is 1. The molecule has 1 aliphatic rings. The molecule has 2 heterocycles. The fraction of sp³-hybridized carbons (Fsp3) is 0.0500. The maximum absolute atomic E-state index is 13.7. The molecule has 0 fully saturated rings. The lowest BCUT2D eigenvalue weighted by Crippen LogP contribution is -2.24. The maximum Gasteiger partial charge on any atom is 0.262 e. The van der Waals surface area contributed by atoms with Crippen LogP contribution in [0.4, 0.5) is 10.2 Å². The molecule has 0 radical (unpaired) electrons. The Bertz CT molecular complexity index is 1190. The van der Waals surface area contributed by atoms with Crippen molar-refractivity contribution in [2.45, 2.75) is 6.61 Å². The number of ether oxygens (including phenoxy) is 1. The van der Waals surface area contributed by atoms with Crippen molar-refractivity contribution in [3.05, 3.63) is 87.5 Å². The number of nitrogens with one attached hydrogen (secondary N) is 1. The lowest BCUT2D eigenvalue weighted by Gasteiger charge is -2.13. The van der Waals surface area contributed by atoms with Gasteiger partial charge in [-0.3, -0.25) is 24.3 Å². The quantitative estimate of drug-likeness (QED) is 0.675. The SMILES string of the molecule is Nc1c2c(cc(=O)n1-c1cccc(OCc3ccccc3F)c1)C(=O)NC2=O. The van der Waals surface area contributed by atoms with Gasteiger partial charge in [-0.1, -0.05) is 24.3 Å². The highest BCUT2D eigenvalue weighted by Crippen LogP contribution is 2.25. The van der Waals surface area contributed by atoms with E-state index in [2.05, 4.69) is 5.32 Å². The largest absolute Gasteiger partial charge is 0.489 e. The fourth-order valence-electron chi connectivity index (χ4n) is 3.03. The lowest BCUT2D eigenvalue weighted by molar-refractivity contribution is 0.0880. The van der Waals surface area contributed by atoms with Gasteiger partial charge in [0.15, 0.2) is 0 Å². The maximum atomic E-state index is 13.7. The Labute approximate surface area is 158 Å². The average Bonchev–Trinajstić information content (AvgIpc) is 2.95. The summed E-state index contributed by atoms with van der Waals surface area (Å²) >= 11 is 0. The minimum atomic E-state index is -0.655. The van der Waals surface area contributed by atoms with Crippen molar-refractivity contribution in [3.63, 3.8) is 0 Å². The van der Waals surface area contributed by atoms with Crippen LogP contribution in [0.5, 0.6) is 5.75 Å². The third-order valence-electron chi connectivity index (χ3n) is 4.38. The molecule has 4 rings (SSSR count). The minimum absolute atomic E-state index is 0.00159. The van der Waals surface area contributed by atoms with E-state index >= 15 is 0 Å². The number of nitrogen functional groups attached to an aromatic ring is 1. The van der Waals surface area contributed by atoms with E-state index in [0.29, 0.717) is 17.0 Å². The van der Waals surface area contributed by atoms with Crippen molar-refractivity contribution in [3.8, 4) is 11.4 Å². The molecule has 2 aromatic carbocycles. The zero-order valence-corrected chi connectivity index (χ0v) is 14.4. The first-order chi connectivity index (χ1) is 13.5.